The minimum atomic E-state index is -0.0720. The Kier molecular flexibility index (Phi) is 4.86. The van der Waals surface area contributed by atoms with Crippen molar-refractivity contribution in [2.24, 2.45) is 17.3 Å². The van der Waals surface area contributed by atoms with Crippen molar-refractivity contribution < 1.29 is 14.3 Å². The van der Waals surface area contributed by atoms with Gasteiger partial charge in [-0.05, 0) is 53.4 Å². The first-order valence-corrected chi connectivity index (χ1v) is 10.7. The summed E-state index contributed by atoms with van der Waals surface area (Å²) in [5, 5.41) is 4.62. The molecule has 0 aromatic carbocycles. The van der Waals surface area contributed by atoms with E-state index in [1.54, 1.807) is 0 Å². The summed E-state index contributed by atoms with van der Waals surface area (Å²) < 4.78 is 13.6. The zero-order valence-electron chi connectivity index (χ0n) is 18.1. The zero-order valence-corrected chi connectivity index (χ0v) is 18.1. The highest BCUT2D eigenvalue weighted by molar-refractivity contribution is 5.82. The topological polar surface area (TPSA) is 56.6 Å². The van der Waals surface area contributed by atoms with E-state index in [1.807, 2.05) is 17.8 Å². The molecule has 0 N–H and O–H groups in total. The number of ether oxygens (including phenoxy) is 2. The smallest absolute Gasteiger partial charge is 0.229 e. The highest BCUT2D eigenvalue weighted by Crippen LogP contribution is 2.56. The number of aromatic nitrogens is 2. The molecule has 3 fully saturated rings. The van der Waals surface area contributed by atoms with Gasteiger partial charge >= 0.3 is 0 Å². The van der Waals surface area contributed by atoms with Crippen molar-refractivity contribution in [2.75, 3.05) is 19.8 Å². The Hall–Kier alpha value is -1.40. The second-order valence-corrected chi connectivity index (χ2v) is 10.2. The Bertz CT molecular complexity index is 732. The molecule has 3 aliphatic heterocycles. The maximum absolute atomic E-state index is 13.6. The van der Waals surface area contributed by atoms with Crippen LogP contribution in [0.5, 0.6) is 0 Å². The van der Waals surface area contributed by atoms with Crippen LogP contribution in [0.2, 0.25) is 0 Å². The summed E-state index contributed by atoms with van der Waals surface area (Å²) in [6.07, 6.45) is 6.22. The van der Waals surface area contributed by atoms with Crippen LogP contribution in [0.1, 0.15) is 66.0 Å². The Balaban J connectivity index is 1.64. The fourth-order valence-corrected chi connectivity index (χ4v) is 5.41. The molecule has 0 aliphatic carbocycles. The second kappa shape index (κ2) is 6.84. The molecule has 4 heterocycles. The third-order valence-electron chi connectivity index (χ3n) is 7.28. The van der Waals surface area contributed by atoms with Gasteiger partial charge in [0.15, 0.2) is 0 Å². The highest BCUT2D eigenvalue weighted by atomic mass is 16.5. The second-order valence-electron chi connectivity index (χ2n) is 10.2. The summed E-state index contributed by atoms with van der Waals surface area (Å²) in [7, 11) is 0. The summed E-state index contributed by atoms with van der Waals surface area (Å²) in [6.45, 7) is 15.1. The molecule has 3 aliphatic rings. The summed E-state index contributed by atoms with van der Waals surface area (Å²) in [6, 6.07) is 0.0929. The fraction of sp³-hybridized carbons (Fsp3) is 0.818. The molecule has 1 aromatic heterocycles. The van der Waals surface area contributed by atoms with E-state index in [2.05, 4.69) is 50.8 Å². The molecule has 3 saturated heterocycles. The molecule has 1 spiro atoms. The maximum atomic E-state index is 13.6. The zero-order chi connectivity index (χ0) is 20.3. The summed E-state index contributed by atoms with van der Waals surface area (Å²) in [5.74, 6) is 0.425. The molecule has 6 heteroatoms. The van der Waals surface area contributed by atoms with E-state index in [1.165, 1.54) is 0 Å². The lowest BCUT2D eigenvalue weighted by atomic mass is 9.64. The molecule has 6 nitrogen and oxygen atoms in total. The van der Waals surface area contributed by atoms with Crippen LogP contribution in [-0.2, 0) is 19.8 Å². The average molecular weight is 390 g/mol. The number of likely N-dealkylation sites (tertiary alicyclic amines) is 1. The molecule has 1 aromatic rings. The lowest BCUT2D eigenvalue weighted by molar-refractivity contribution is -0.175. The lowest BCUT2D eigenvalue weighted by Gasteiger charge is -2.59. The highest BCUT2D eigenvalue weighted by Gasteiger charge is 2.58. The van der Waals surface area contributed by atoms with Crippen LogP contribution in [0.25, 0.3) is 0 Å². The van der Waals surface area contributed by atoms with Gasteiger partial charge in [-0.15, -0.1) is 0 Å². The normalized spacial score (nSPS) is 35.2. The first kappa shape index (κ1) is 19.9. The Morgan fingerprint density at radius 2 is 1.86 bits per heavy atom. The van der Waals surface area contributed by atoms with E-state index in [0.29, 0.717) is 0 Å². The Morgan fingerprint density at radius 1 is 1.18 bits per heavy atom. The SMILES string of the molecule is CC1OC(C)C(C(=O)N2CC3(CCOCC3)C2c2cnn(C(C)(C)C)c2)C1C. The number of carbonyl (C=O) groups is 1. The van der Waals surface area contributed by atoms with Gasteiger partial charge in [-0.25, -0.2) is 0 Å². The van der Waals surface area contributed by atoms with Crippen molar-refractivity contribution in [3.63, 3.8) is 0 Å². The Morgan fingerprint density at radius 3 is 2.39 bits per heavy atom. The van der Waals surface area contributed by atoms with E-state index >= 15 is 0 Å². The first-order valence-electron chi connectivity index (χ1n) is 10.7. The minimum Gasteiger partial charge on any atom is -0.381 e. The summed E-state index contributed by atoms with van der Waals surface area (Å²) in [4.78, 5) is 15.7. The van der Waals surface area contributed by atoms with Gasteiger partial charge in [0.1, 0.15) is 0 Å². The lowest BCUT2D eigenvalue weighted by Crippen LogP contribution is -2.63. The van der Waals surface area contributed by atoms with Gasteiger partial charge in [0.25, 0.3) is 0 Å². The van der Waals surface area contributed by atoms with E-state index in [-0.39, 0.29) is 46.9 Å². The maximum Gasteiger partial charge on any atom is 0.229 e. The molecular weight excluding hydrogens is 354 g/mol. The van der Waals surface area contributed by atoms with Crippen LogP contribution in [-0.4, -0.2) is 52.6 Å². The van der Waals surface area contributed by atoms with Crippen molar-refractivity contribution in [2.45, 2.75) is 78.2 Å². The van der Waals surface area contributed by atoms with Crippen molar-refractivity contribution in [3.05, 3.63) is 18.0 Å². The van der Waals surface area contributed by atoms with Crippen molar-refractivity contribution >= 4 is 5.91 Å². The molecule has 4 rings (SSSR count). The quantitative estimate of drug-likeness (QED) is 0.778. The number of hydrogen-bond acceptors (Lipinski definition) is 4. The monoisotopic (exact) mass is 389 g/mol. The van der Waals surface area contributed by atoms with E-state index in [9.17, 15) is 4.79 Å². The molecule has 0 radical (unpaired) electrons. The molecule has 28 heavy (non-hydrogen) atoms. The predicted octanol–water partition coefficient (Wildman–Crippen LogP) is 3.38. The average Bonchev–Trinajstić information content (AvgIpc) is 3.18. The van der Waals surface area contributed by atoms with Crippen LogP contribution in [0, 0.1) is 17.3 Å². The van der Waals surface area contributed by atoms with E-state index < -0.39 is 0 Å². The van der Waals surface area contributed by atoms with E-state index in [4.69, 9.17) is 9.47 Å². The molecule has 5 unspecified atom stereocenters. The van der Waals surface area contributed by atoms with Gasteiger partial charge in [0.05, 0.1) is 35.9 Å². The summed E-state index contributed by atoms with van der Waals surface area (Å²) >= 11 is 0. The van der Waals surface area contributed by atoms with Gasteiger partial charge in [0, 0.05) is 36.9 Å². The molecule has 156 valence electrons. The molecular formula is C22H35N3O3. The van der Waals surface area contributed by atoms with Gasteiger partial charge in [-0.1, -0.05) is 6.92 Å². The first-order chi connectivity index (χ1) is 13.1. The molecule has 0 saturated carbocycles. The van der Waals surface area contributed by atoms with Gasteiger partial charge in [0.2, 0.25) is 5.91 Å². The molecule has 1 amide bonds. The van der Waals surface area contributed by atoms with Crippen LogP contribution in [0.15, 0.2) is 12.4 Å². The van der Waals surface area contributed by atoms with Crippen molar-refractivity contribution in [3.8, 4) is 0 Å². The molecule has 5 atom stereocenters. The van der Waals surface area contributed by atoms with Crippen molar-refractivity contribution in [1.82, 2.24) is 14.7 Å². The number of hydrogen-bond donors (Lipinski definition) is 0. The van der Waals surface area contributed by atoms with Gasteiger partial charge in [-0.3, -0.25) is 9.48 Å². The molecule has 0 bridgehead atoms. The number of rotatable bonds is 2. The Labute approximate surface area is 168 Å². The standard InChI is InChI=1S/C22H35N3O3/c1-14-15(2)28-16(3)18(14)20(26)24-13-22(7-9-27-10-8-22)19(24)17-11-23-25(12-17)21(4,5)6/h11-12,14-16,18-19H,7-10,13H2,1-6H3. The number of nitrogens with zero attached hydrogens (tertiary/aromatic N) is 3. The van der Waals surface area contributed by atoms with Crippen LogP contribution >= 0.6 is 0 Å². The van der Waals surface area contributed by atoms with Crippen LogP contribution < -0.4 is 0 Å². The van der Waals surface area contributed by atoms with Crippen LogP contribution in [0.3, 0.4) is 0 Å². The predicted molar refractivity (Wildman–Crippen MR) is 107 cm³/mol. The van der Waals surface area contributed by atoms with E-state index in [0.717, 1.165) is 38.2 Å². The van der Waals surface area contributed by atoms with Gasteiger partial charge in [-0.2, -0.15) is 5.10 Å². The number of amides is 1. The fourth-order valence-electron chi connectivity index (χ4n) is 5.41. The summed E-state index contributed by atoms with van der Waals surface area (Å²) in [5.41, 5.74) is 1.21. The number of carbonyl (C=O) groups excluding carboxylic acids is 1. The van der Waals surface area contributed by atoms with Gasteiger partial charge < -0.3 is 14.4 Å². The largest absolute Gasteiger partial charge is 0.381 e. The van der Waals surface area contributed by atoms with Crippen molar-refractivity contribution in [1.29, 1.82) is 0 Å². The third-order valence-corrected chi connectivity index (χ3v) is 7.28. The van der Waals surface area contributed by atoms with Crippen LogP contribution in [0.4, 0.5) is 0 Å². The third kappa shape index (κ3) is 3.09. The minimum absolute atomic E-state index is 0.0262.